The molecule has 0 amide bonds. The van der Waals surface area contributed by atoms with Crippen molar-refractivity contribution in [3.05, 3.63) is 84.4 Å². The Labute approximate surface area is 165 Å². The van der Waals surface area contributed by atoms with Crippen LogP contribution in [0.2, 0.25) is 0 Å². The summed E-state index contributed by atoms with van der Waals surface area (Å²) in [5.74, 6) is 1.47. The predicted molar refractivity (Wildman–Crippen MR) is 116 cm³/mol. The molecule has 0 saturated carbocycles. The van der Waals surface area contributed by atoms with Crippen molar-refractivity contribution in [1.29, 1.82) is 0 Å². The zero-order valence-corrected chi connectivity index (χ0v) is 16.1. The molecule has 5 heteroatoms. The molecule has 0 fully saturated rings. The number of hydrogen-bond acceptors (Lipinski definition) is 4. The Morgan fingerprint density at radius 2 is 1.44 bits per heavy atom. The molecule has 1 heterocycles. The average Bonchev–Trinajstić information content (AvgIpc) is 2.69. The van der Waals surface area contributed by atoms with Gasteiger partial charge in [-0.1, -0.05) is 48.5 Å². The average molecular weight is 377 g/mol. The number of anilines is 4. The second-order valence-corrected chi connectivity index (χ2v) is 6.22. The number of aromatic nitrogens is 2. The van der Waals surface area contributed by atoms with Crippen LogP contribution in [0, 0.1) is 6.92 Å². The molecule has 0 bridgehead atoms. The molecule has 1 N–H and O–H groups in total. The molecule has 1 aromatic heterocycles. The molecule has 4 rings (SSSR count). The molecule has 27 heavy (non-hydrogen) atoms. The highest BCUT2D eigenvalue weighted by molar-refractivity contribution is 5.92. The van der Waals surface area contributed by atoms with Gasteiger partial charge in [-0.05, 0) is 42.8 Å². The fourth-order valence-electron chi connectivity index (χ4n) is 2.98. The monoisotopic (exact) mass is 376 g/mol. The Bertz CT molecular complexity index is 1050. The maximum absolute atomic E-state index is 4.82. The number of nitrogens with zero attached hydrogens (tertiary/aromatic N) is 3. The lowest BCUT2D eigenvalue weighted by molar-refractivity contribution is 1.11. The van der Waals surface area contributed by atoms with E-state index >= 15 is 0 Å². The van der Waals surface area contributed by atoms with Gasteiger partial charge in [0.25, 0.3) is 0 Å². The predicted octanol–water partition coefficient (Wildman–Crippen LogP) is 5.87. The summed E-state index contributed by atoms with van der Waals surface area (Å²) in [5, 5.41) is 4.38. The SMILES string of the molecule is Cc1ccccc1Nc1nc(N(C)c2ccccc2)c2ccccc2n1.Cl. The zero-order chi connectivity index (χ0) is 17.9. The normalized spacial score (nSPS) is 10.3. The van der Waals surface area contributed by atoms with Crippen LogP contribution < -0.4 is 10.2 Å². The third-order valence-corrected chi connectivity index (χ3v) is 4.44. The summed E-state index contributed by atoms with van der Waals surface area (Å²) in [6.45, 7) is 2.07. The third kappa shape index (κ3) is 3.86. The van der Waals surface area contributed by atoms with E-state index in [0.717, 1.165) is 33.7 Å². The van der Waals surface area contributed by atoms with Crippen molar-refractivity contribution in [2.45, 2.75) is 6.92 Å². The number of hydrogen-bond donors (Lipinski definition) is 1. The summed E-state index contributed by atoms with van der Waals surface area (Å²) in [7, 11) is 2.03. The lowest BCUT2D eigenvalue weighted by Crippen LogP contribution is -2.13. The molecule has 0 unspecified atom stereocenters. The van der Waals surface area contributed by atoms with E-state index in [1.165, 1.54) is 0 Å². The molecule has 4 aromatic rings. The van der Waals surface area contributed by atoms with Gasteiger partial charge in [-0.2, -0.15) is 4.98 Å². The van der Waals surface area contributed by atoms with Crippen LogP contribution in [-0.2, 0) is 0 Å². The first-order valence-corrected chi connectivity index (χ1v) is 8.60. The van der Waals surface area contributed by atoms with E-state index in [1.807, 2.05) is 61.6 Å². The molecular weight excluding hydrogens is 356 g/mol. The number of halogens is 1. The van der Waals surface area contributed by atoms with Gasteiger partial charge in [0.15, 0.2) is 0 Å². The summed E-state index contributed by atoms with van der Waals surface area (Å²) in [6, 6.07) is 26.4. The Morgan fingerprint density at radius 1 is 0.778 bits per heavy atom. The van der Waals surface area contributed by atoms with Gasteiger partial charge in [0.05, 0.1) is 5.52 Å². The first-order valence-electron chi connectivity index (χ1n) is 8.60. The zero-order valence-electron chi connectivity index (χ0n) is 15.3. The quantitative estimate of drug-likeness (QED) is 0.483. The molecular formula is C22H21ClN4. The van der Waals surface area contributed by atoms with E-state index in [9.17, 15) is 0 Å². The Morgan fingerprint density at radius 3 is 2.22 bits per heavy atom. The standard InChI is InChI=1S/C22H20N4.ClH/c1-16-10-6-8-14-19(16)23-22-24-20-15-9-7-13-18(20)21(25-22)26(2)17-11-4-3-5-12-17;/h3-15H,1-2H3,(H,23,24,25);1H. The third-order valence-electron chi connectivity index (χ3n) is 4.44. The van der Waals surface area contributed by atoms with E-state index in [-0.39, 0.29) is 12.4 Å². The van der Waals surface area contributed by atoms with Crippen LogP contribution in [0.25, 0.3) is 10.9 Å². The number of para-hydroxylation sites is 3. The van der Waals surface area contributed by atoms with Crippen LogP contribution in [0.5, 0.6) is 0 Å². The summed E-state index contributed by atoms with van der Waals surface area (Å²) >= 11 is 0. The first kappa shape index (κ1) is 18.7. The minimum absolute atomic E-state index is 0. The number of nitrogens with one attached hydrogen (secondary N) is 1. The summed E-state index contributed by atoms with van der Waals surface area (Å²) in [4.78, 5) is 11.6. The molecule has 136 valence electrons. The fraction of sp³-hybridized carbons (Fsp3) is 0.0909. The van der Waals surface area contributed by atoms with E-state index in [1.54, 1.807) is 0 Å². The van der Waals surface area contributed by atoms with Gasteiger partial charge in [0, 0.05) is 23.8 Å². The van der Waals surface area contributed by atoms with Gasteiger partial charge in [0.2, 0.25) is 5.95 Å². The topological polar surface area (TPSA) is 41.1 Å². The minimum atomic E-state index is 0. The number of benzene rings is 3. The largest absolute Gasteiger partial charge is 0.329 e. The van der Waals surface area contributed by atoms with Gasteiger partial charge in [-0.25, -0.2) is 4.98 Å². The van der Waals surface area contributed by atoms with Gasteiger partial charge in [0.1, 0.15) is 5.82 Å². The molecule has 0 saturated heterocycles. The highest BCUT2D eigenvalue weighted by atomic mass is 35.5. The summed E-state index contributed by atoms with van der Waals surface area (Å²) in [5.41, 5.74) is 4.16. The maximum Gasteiger partial charge on any atom is 0.229 e. The first-order chi connectivity index (χ1) is 12.7. The van der Waals surface area contributed by atoms with Crippen LogP contribution in [0.4, 0.5) is 23.1 Å². The van der Waals surface area contributed by atoms with Crippen LogP contribution >= 0.6 is 12.4 Å². The van der Waals surface area contributed by atoms with Crippen molar-refractivity contribution in [3.8, 4) is 0 Å². The fourth-order valence-corrected chi connectivity index (χ4v) is 2.98. The molecule has 0 aliphatic carbocycles. The van der Waals surface area contributed by atoms with Gasteiger partial charge >= 0.3 is 0 Å². The molecule has 0 spiro atoms. The molecule has 4 nitrogen and oxygen atoms in total. The van der Waals surface area contributed by atoms with Crippen LogP contribution in [0.3, 0.4) is 0 Å². The lowest BCUT2D eigenvalue weighted by atomic mass is 10.2. The van der Waals surface area contributed by atoms with E-state index in [4.69, 9.17) is 9.97 Å². The smallest absolute Gasteiger partial charge is 0.229 e. The Balaban J connectivity index is 0.00000210. The van der Waals surface area contributed by atoms with E-state index in [2.05, 4.69) is 41.4 Å². The molecule has 0 aliphatic heterocycles. The van der Waals surface area contributed by atoms with Gasteiger partial charge in [-0.15, -0.1) is 12.4 Å². The number of rotatable bonds is 4. The molecule has 0 radical (unpaired) electrons. The number of fused-ring (bicyclic) bond motifs is 1. The Hall–Kier alpha value is -3.11. The summed E-state index contributed by atoms with van der Waals surface area (Å²) in [6.07, 6.45) is 0. The minimum Gasteiger partial charge on any atom is -0.329 e. The van der Waals surface area contributed by atoms with E-state index < -0.39 is 0 Å². The maximum atomic E-state index is 4.82. The molecule has 0 aliphatic rings. The number of aryl methyl sites for hydroxylation is 1. The van der Waals surface area contributed by atoms with Crippen LogP contribution in [0.15, 0.2) is 78.9 Å². The van der Waals surface area contributed by atoms with Crippen LogP contribution in [0.1, 0.15) is 5.56 Å². The lowest BCUT2D eigenvalue weighted by Gasteiger charge is -2.21. The summed E-state index contributed by atoms with van der Waals surface area (Å²) < 4.78 is 0. The van der Waals surface area contributed by atoms with Crippen molar-refractivity contribution in [1.82, 2.24) is 9.97 Å². The Kier molecular flexibility index (Phi) is 5.57. The second kappa shape index (κ2) is 8.06. The van der Waals surface area contributed by atoms with E-state index in [0.29, 0.717) is 5.95 Å². The second-order valence-electron chi connectivity index (χ2n) is 6.22. The van der Waals surface area contributed by atoms with Crippen molar-refractivity contribution in [3.63, 3.8) is 0 Å². The van der Waals surface area contributed by atoms with Crippen LogP contribution in [-0.4, -0.2) is 17.0 Å². The highest BCUT2D eigenvalue weighted by Gasteiger charge is 2.13. The van der Waals surface area contributed by atoms with Crippen molar-refractivity contribution in [2.24, 2.45) is 0 Å². The van der Waals surface area contributed by atoms with Crippen molar-refractivity contribution < 1.29 is 0 Å². The highest BCUT2D eigenvalue weighted by Crippen LogP contribution is 2.30. The van der Waals surface area contributed by atoms with Crippen molar-refractivity contribution >= 4 is 46.5 Å². The van der Waals surface area contributed by atoms with Gasteiger partial charge in [-0.3, -0.25) is 0 Å². The molecule has 0 atom stereocenters. The molecule has 3 aromatic carbocycles. The van der Waals surface area contributed by atoms with Crippen molar-refractivity contribution in [2.75, 3.05) is 17.3 Å². The van der Waals surface area contributed by atoms with Gasteiger partial charge < -0.3 is 10.2 Å².